The number of allylic oxidation sites excluding steroid dienone is 2. The minimum Gasteiger partial charge on any atom is -0.374 e. The van der Waals surface area contributed by atoms with Gasteiger partial charge in [-0.05, 0) is 25.7 Å². The van der Waals surface area contributed by atoms with Crippen LogP contribution in [0.15, 0.2) is 11.3 Å². The smallest absolute Gasteiger partial charge is 0.374 e. The fourth-order valence-electron chi connectivity index (χ4n) is 2.67. The average molecular weight is 311 g/mol. The molecule has 1 aliphatic heterocycles. The van der Waals surface area contributed by atoms with Gasteiger partial charge in [-0.15, -0.1) is 0 Å². The molecule has 0 spiro atoms. The third-order valence-corrected chi connectivity index (χ3v) is 3.74. The number of hydrogen-bond acceptors (Lipinski definition) is 3. The van der Waals surface area contributed by atoms with Gasteiger partial charge in [0.2, 0.25) is 5.78 Å². The number of carbonyl (C=O) groups excluding carboxylic acids is 2. The number of carbonyl (C=O) groups is 2. The van der Waals surface area contributed by atoms with E-state index in [-0.39, 0.29) is 18.5 Å². The minimum atomic E-state index is -6.00. The minimum absolute atomic E-state index is 0.0534. The first-order chi connectivity index (χ1) is 9.66. The van der Waals surface area contributed by atoms with Crippen LogP contribution in [-0.4, -0.2) is 41.7 Å². The Bertz CT molecular complexity index is 489. The maximum absolute atomic E-state index is 13.3. The summed E-state index contributed by atoms with van der Waals surface area (Å²) < 4.78 is 63.6. The van der Waals surface area contributed by atoms with Gasteiger partial charge in [0.1, 0.15) is 0 Å². The molecule has 1 fully saturated rings. The Hall–Kier alpha value is -1.47. The molecule has 1 heterocycles. The van der Waals surface area contributed by atoms with Crippen LogP contribution in [0.1, 0.15) is 32.1 Å². The summed E-state index contributed by atoms with van der Waals surface area (Å²) in [6.07, 6.45) is -4.11. The van der Waals surface area contributed by atoms with E-state index < -0.39 is 29.2 Å². The first kappa shape index (κ1) is 15.9. The molecule has 0 atom stereocenters. The highest BCUT2D eigenvalue weighted by atomic mass is 19.4. The summed E-state index contributed by atoms with van der Waals surface area (Å²) >= 11 is 0. The third kappa shape index (κ3) is 2.80. The number of halogens is 5. The summed E-state index contributed by atoms with van der Waals surface area (Å²) in [6, 6.07) is 0. The van der Waals surface area contributed by atoms with Crippen LogP contribution >= 0.6 is 0 Å². The molecular formula is C13H14F5NO2. The van der Waals surface area contributed by atoms with Crippen molar-refractivity contribution in [3.8, 4) is 0 Å². The molecule has 0 aromatic carbocycles. The maximum atomic E-state index is 13.3. The summed E-state index contributed by atoms with van der Waals surface area (Å²) in [5.74, 6) is -8.86. The summed E-state index contributed by atoms with van der Waals surface area (Å²) in [5, 5.41) is 0. The number of likely N-dealkylation sites (tertiary alicyclic amines) is 1. The van der Waals surface area contributed by atoms with Gasteiger partial charge in [-0.25, -0.2) is 0 Å². The second-order valence-corrected chi connectivity index (χ2v) is 5.19. The molecule has 0 amide bonds. The van der Waals surface area contributed by atoms with Crippen LogP contribution < -0.4 is 0 Å². The Balaban J connectivity index is 2.44. The number of alkyl halides is 5. The van der Waals surface area contributed by atoms with E-state index in [0.717, 1.165) is 12.8 Å². The molecule has 1 saturated heterocycles. The van der Waals surface area contributed by atoms with Gasteiger partial charge in [0, 0.05) is 25.2 Å². The highest BCUT2D eigenvalue weighted by Gasteiger charge is 2.64. The van der Waals surface area contributed by atoms with Crippen LogP contribution in [0, 0.1) is 0 Å². The fourth-order valence-corrected chi connectivity index (χ4v) is 2.67. The Morgan fingerprint density at radius 1 is 0.952 bits per heavy atom. The molecule has 1 aliphatic carbocycles. The van der Waals surface area contributed by atoms with E-state index in [4.69, 9.17) is 0 Å². The van der Waals surface area contributed by atoms with Gasteiger partial charge in [0.05, 0.1) is 5.57 Å². The van der Waals surface area contributed by atoms with Crippen molar-refractivity contribution < 1.29 is 31.5 Å². The Morgan fingerprint density at radius 3 is 2.05 bits per heavy atom. The molecule has 21 heavy (non-hydrogen) atoms. The summed E-state index contributed by atoms with van der Waals surface area (Å²) in [6.45, 7) is 0.938. The molecular weight excluding hydrogens is 297 g/mol. The topological polar surface area (TPSA) is 37.4 Å². The molecule has 0 aromatic rings. The number of hydrogen-bond donors (Lipinski definition) is 0. The highest BCUT2D eigenvalue weighted by Crippen LogP contribution is 2.40. The lowest BCUT2D eigenvalue weighted by molar-refractivity contribution is -0.266. The first-order valence-electron chi connectivity index (χ1n) is 6.67. The van der Waals surface area contributed by atoms with Crippen molar-refractivity contribution in [1.82, 2.24) is 4.90 Å². The number of rotatable bonds is 3. The van der Waals surface area contributed by atoms with E-state index in [0.29, 0.717) is 19.5 Å². The van der Waals surface area contributed by atoms with Gasteiger partial charge >= 0.3 is 12.1 Å². The van der Waals surface area contributed by atoms with E-state index in [2.05, 4.69) is 0 Å². The lowest BCUT2D eigenvalue weighted by atomic mass is 9.89. The zero-order chi connectivity index (χ0) is 15.8. The molecule has 0 radical (unpaired) electrons. The van der Waals surface area contributed by atoms with Crippen molar-refractivity contribution in [2.24, 2.45) is 0 Å². The van der Waals surface area contributed by atoms with Gasteiger partial charge in [-0.2, -0.15) is 22.0 Å². The van der Waals surface area contributed by atoms with Gasteiger partial charge < -0.3 is 4.90 Å². The van der Waals surface area contributed by atoms with Gasteiger partial charge in [0.15, 0.2) is 5.78 Å². The highest BCUT2D eigenvalue weighted by molar-refractivity contribution is 6.23. The molecule has 3 nitrogen and oxygen atoms in total. The second-order valence-electron chi connectivity index (χ2n) is 5.19. The molecule has 0 saturated carbocycles. The van der Waals surface area contributed by atoms with Crippen molar-refractivity contribution in [2.45, 2.75) is 44.2 Å². The molecule has 118 valence electrons. The molecule has 8 heteroatoms. The number of nitrogens with zero attached hydrogens (tertiary/aromatic N) is 1. The van der Waals surface area contributed by atoms with Crippen LogP contribution in [0.5, 0.6) is 0 Å². The molecule has 0 bridgehead atoms. The molecule has 2 aliphatic rings. The predicted octanol–water partition coefficient (Wildman–Crippen LogP) is 2.86. The standard InChI is InChI=1S/C13H14F5NO2/c14-12(15,13(16,17)18)11(21)10-8(4-3-5-9(10)20)19-6-1-2-7-19/h1-7H2. The Morgan fingerprint density at radius 2 is 1.52 bits per heavy atom. The van der Waals surface area contributed by atoms with Crippen molar-refractivity contribution >= 4 is 11.6 Å². The molecule has 0 unspecified atom stereocenters. The first-order valence-corrected chi connectivity index (χ1v) is 6.67. The Kier molecular flexibility index (Phi) is 4.08. The van der Waals surface area contributed by atoms with Crippen LogP contribution in [0.4, 0.5) is 22.0 Å². The van der Waals surface area contributed by atoms with Crippen molar-refractivity contribution in [2.75, 3.05) is 13.1 Å². The van der Waals surface area contributed by atoms with Crippen LogP contribution in [0.25, 0.3) is 0 Å². The van der Waals surface area contributed by atoms with Crippen LogP contribution in [0.3, 0.4) is 0 Å². The largest absolute Gasteiger partial charge is 0.461 e. The average Bonchev–Trinajstić information content (AvgIpc) is 2.90. The summed E-state index contributed by atoms with van der Waals surface area (Å²) in [7, 11) is 0. The lowest BCUT2D eigenvalue weighted by Gasteiger charge is -2.29. The number of Topliss-reactive ketones (excluding diaryl/α,β-unsaturated/α-hetero) is 2. The van der Waals surface area contributed by atoms with Crippen LogP contribution in [-0.2, 0) is 9.59 Å². The third-order valence-electron chi connectivity index (χ3n) is 3.74. The normalized spacial score (nSPS) is 21.2. The van der Waals surface area contributed by atoms with Crippen LogP contribution in [0.2, 0.25) is 0 Å². The Labute approximate surface area is 117 Å². The second kappa shape index (κ2) is 5.38. The molecule has 2 rings (SSSR count). The van der Waals surface area contributed by atoms with E-state index in [1.54, 1.807) is 4.90 Å². The zero-order valence-electron chi connectivity index (χ0n) is 11.1. The van der Waals surface area contributed by atoms with E-state index in [1.807, 2.05) is 0 Å². The van der Waals surface area contributed by atoms with Crippen molar-refractivity contribution in [3.05, 3.63) is 11.3 Å². The maximum Gasteiger partial charge on any atom is 0.461 e. The molecule has 0 N–H and O–H groups in total. The quantitative estimate of drug-likeness (QED) is 0.594. The van der Waals surface area contributed by atoms with E-state index >= 15 is 0 Å². The SMILES string of the molecule is O=C1CCCC(N2CCCC2)=C1C(=O)C(F)(F)C(F)(F)F. The van der Waals surface area contributed by atoms with Gasteiger partial charge in [-0.1, -0.05) is 0 Å². The summed E-state index contributed by atoms with van der Waals surface area (Å²) in [5.41, 5.74) is -0.900. The monoisotopic (exact) mass is 311 g/mol. The van der Waals surface area contributed by atoms with E-state index in [9.17, 15) is 31.5 Å². The van der Waals surface area contributed by atoms with Crippen molar-refractivity contribution in [1.29, 1.82) is 0 Å². The van der Waals surface area contributed by atoms with Gasteiger partial charge in [0.25, 0.3) is 0 Å². The number of ketones is 2. The van der Waals surface area contributed by atoms with Crippen molar-refractivity contribution in [3.63, 3.8) is 0 Å². The van der Waals surface area contributed by atoms with Gasteiger partial charge in [-0.3, -0.25) is 9.59 Å². The van der Waals surface area contributed by atoms with E-state index in [1.165, 1.54) is 0 Å². The lowest BCUT2D eigenvalue weighted by Crippen LogP contribution is -2.47. The zero-order valence-corrected chi connectivity index (χ0v) is 11.1. The summed E-state index contributed by atoms with van der Waals surface area (Å²) in [4.78, 5) is 25.0. The molecule has 0 aromatic heterocycles. The predicted molar refractivity (Wildman–Crippen MR) is 62.7 cm³/mol. The fraction of sp³-hybridized carbons (Fsp3) is 0.692.